The standard InChI is InChI=1S/C6H6OS.ClH/c1-5(7)6-3-2-4-8-6;/h2-4H,1H3;1H. The van der Waals surface area contributed by atoms with E-state index in [9.17, 15) is 4.79 Å². The highest BCUT2D eigenvalue weighted by Crippen LogP contribution is 2.07. The maximum absolute atomic E-state index is 10.5. The summed E-state index contributed by atoms with van der Waals surface area (Å²) in [6, 6.07) is 3.70. The van der Waals surface area contributed by atoms with Crippen molar-refractivity contribution >= 4 is 29.5 Å². The van der Waals surface area contributed by atoms with E-state index >= 15 is 0 Å². The summed E-state index contributed by atoms with van der Waals surface area (Å²) in [6.45, 7) is 1.58. The Labute approximate surface area is 64.1 Å². The van der Waals surface area contributed by atoms with Gasteiger partial charge in [0.25, 0.3) is 0 Å². The van der Waals surface area contributed by atoms with Crippen LogP contribution in [0.3, 0.4) is 0 Å². The van der Waals surface area contributed by atoms with Crippen LogP contribution in [-0.2, 0) is 0 Å². The van der Waals surface area contributed by atoms with Gasteiger partial charge in [-0.15, -0.1) is 23.7 Å². The van der Waals surface area contributed by atoms with Crippen LogP contribution in [0.15, 0.2) is 17.5 Å². The molecule has 0 radical (unpaired) electrons. The first-order chi connectivity index (χ1) is 3.80. The average Bonchev–Trinajstić information content (AvgIpc) is 2.12. The number of hydrogen-bond donors (Lipinski definition) is 0. The highest BCUT2D eigenvalue weighted by Gasteiger charge is 1.95. The van der Waals surface area contributed by atoms with E-state index in [0.717, 1.165) is 4.88 Å². The molecule has 0 saturated carbocycles. The van der Waals surface area contributed by atoms with Crippen LogP contribution in [0.4, 0.5) is 0 Å². The van der Waals surface area contributed by atoms with Gasteiger partial charge in [0.15, 0.2) is 5.78 Å². The largest absolute Gasteiger partial charge is 0.294 e. The molecule has 0 bridgehead atoms. The van der Waals surface area contributed by atoms with Crippen LogP contribution in [0.2, 0.25) is 0 Å². The minimum Gasteiger partial charge on any atom is -0.294 e. The molecule has 1 rings (SSSR count). The second-order valence-electron chi connectivity index (χ2n) is 1.53. The first kappa shape index (κ1) is 8.66. The number of thiophene rings is 1. The van der Waals surface area contributed by atoms with E-state index in [1.807, 2.05) is 17.5 Å². The van der Waals surface area contributed by atoms with Crippen LogP contribution >= 0.6 is 23.7 Å². The van der Waals surface area contributed by atoms with Crippen molar-refractivity contribution in [1.82, 2.24) is 0 Å². The van der Waals surface area contributed by atoms with Gasteiger partial charge < -0.3 is 0 Å². The molecular weight excluding hydrogens is 156 g/mol. The lowest BCUT2D eigenvalue weighted by molar-refractivity contribution is 0.102. The third-order valence-electron chi connectivity index (χ3n) is 0.868. The number of carbonyl (C=O) groups is 1. The van der Waals surface area contributed by atoms with Crippen molar-refractivity contribution in [3.63, 3.8) is 0 Å². The fraction of sp³-hybridized carbons (Fsp3) is 0.167. The molecule has 1 aromatic rings. The maximum Gasteiger partial charge on any atom is 0.169 e. The van der Waals surface area contributed by atoms with E-state index in [0.29, 0.717) is 0 Å². The van der Waals surface area contributed by atoms with Crippen molar-refractivity contribution in [2.45, 2.75) is 6.92 Å². The number of carbonyl (C=O) groups excluding carboxylic acids is 1. The van der Waals surface area contributed by atoms with Crippen LogP contribution < -0.4 is 0 Å². The van der Waals surface area contributed by atoms with Crippen molar-refractivity contribution in [3.05, 3.63) is 22.4 Å². The normalized spacial score (nSPS) is 8.11. The molecule has 1 aromatic heterocycles. The molecular formula is C6H7ClOS. The zero-order chi connectivity index (χ0) is 5.98. The zero-order valence-corrected chi connectivity index (χ0v) is 6.59. The molecule has 0 fully saturated rings. The van der Waals surface area contributed by atoms with Gasteiger partial charge in [0.2, 0.25) is 0 Å². The Kier molecular flexibility index (Phi) is 3.50. The van der Waals surface area contributed by atoms with E-state index in [2.05, 4.69) is 0 Å². The Morgan fingerprint density at radius 3 is 2.56 bits per heavy atom. The number of halogens is 1. The highest BCUT2D eigenvalue weighted by molar-refractivity contribution is 7.12. The molecule has 0 N–H and O–H groups in total. The molecule has 0 aliphatic heterocycles. The lowest BCUT2D eigenvalue weighted by Crippen LogP contribution is -1.83. The summed E-state index contributed by atoms with van der Waals surface area (Å²) in [4.78, 5) is 11.4. The second kappa shape index (κ2) is 3.64. The van der Waals surface area contributed by atoms with Crippen LogP contribution in [-0.4, -0.2) is 5.78 Å². The summed E-state index contributed by atoms with van der Waals surface area (Å²) in [5, 5.41) is 1.90. The summed E-state index contributed by atoms with van der Waals surface area (Å²) in [5.74, 6) is 0.153. The molecule has 0 atom stereocenters. The van der Waals surface area contributed by atoms with Gasteiger partial charge in [-0.1, -0.05) is 6.07 Å². The lowest BCUT2D eigenvalue weighted by atomic mass is 10.4. The smallest absolute Gasteiger partial charge is 0.169 e. The highest BCUT2D eigenvalue weighted by atomic mass is 35.5. The Bertz CT molecular complexity index is 181. The maximum atomic E-state index is 10.5. The Morgan fingerprint density at radius 1 is 1.67 bits per heavy atom. The third kappa shape index (κ3) is 2.16. The number of ketones is 1. The predicted molar refractivity (Wildman–Crippen MR) is 41.6 cm³/mol. The first-order valence-electron chi connectivity index (χ1n) is 2.35. The number of Topliss-reactive ketones (excluding diaryl/α,β-unsaturated/α-hetero) is 1. The van der Waals surface area contributed by atoms with Gasteiger partial charge >= 0.3 is 0 Å². The van der Waals surface area contributed by atoms with Crippen LogP contribution in [0.5, 0.6) is 0 Å². The molecule has 1 heterocycles. The summed E-state index contributed by atoms with van der Waals surface area (Å²) in [7, 11) is 0. The fourth-order valence-electron chi connectivity index (χ4n) is 0.479. The van der Waals surface area contributed by atoms with Crippen molar-refractivity contribution < 1.29 is 4.79 Å². The Morgan fingerprint density at radius 2 is 2.33 bits per heavy atom. The van der Waals surface area contributed by atoms with E-state index in [4.69, 9.17) is 0 Å². The summed E-state index contributed by atoms with van der Waals surface area (Å²) >= 11 is 1.48. The Balaban J connectivity index is 0.000000640. The van der Waals surface area contributed by atoms with E-state index < -0.39 is 0 Å². The molecule has 0 aliphatic rings. The SMILES string of the molecule is CC(=O)c1cccs1.Cl. The molecule has 1 nitrogen and oxygen atoms in total. The topological polar surface area (TPSA) is 17.1 Å². The van der Waals surface area contributed by atoms with Crippen LogP contribution in [0.25, 0.3) is 0 Å². The molecule has 0 saturated heterocycles. The van der Waals surface area contributed by atoms with Gasteiger partial charge in [-0.05, 0) is 18.4 Å². The molecule has 0 amide bonds. The molecule has 0 aromatic carbocycles. The minimum absolute atomic E-state index is 0. The first-order valence-corrected chi connectivity index (χ1v) is 3.23. The molecule has 0 unspecified atom stereocenters. The minimum atomic E-state index is 0. The number of rotatable bonds is 1. The van der Waals surface area contributed by atoms with Crippen molar-refractivity contribution in [1.29, 1.82) is 0 Å². The van der Waals surface area contributed by atoms with Crippen molar-refractivity contribution in [3.8, 4) is 0 Å². The van der Waals surface area contributed by atoms with Crippen LogP contribution in [0.1, 0.15) is 16.6 Å². The molecule has 0 aliphatic carbocycles. The van der Waals surface area contributed by atoms with Gasteiger partial charge in [0.05, 0.1) is 4.88 Å². The molecule has 9 heavy (non-hydrogen) atoms. The third-order valence-corrected chi connectivity index (χ3v) is 1.84. The molecule has 3 heteroatoms. The van der Waals surface area contributed by atoms with Gasteiger partial charge in [0.1, 0.15) is 0 Å². The van der Waals surface area contributed by atoms with Crippen molar-refractivity contribution in [2.75, 3.05) is 0 Å². The van der Waals surface area contributed by atoms with E-state index in [1.54, 1.807) is 6.92 Å². The van der Waals surface area contributed by atoms with Gasteiger partial charge in [-0.25, -0.2) is 0 Å². The van der Waals surface area contributed by atoms with Crippen LogP contribution in [0, 0.1) is 0 Å². The quantitative estimate of drug-likeness (QED) is 0.580. The Hall–Kier alpha value is -0.340. The molecule has 50 valence electrons. The van der Waals surface area contributed by atoms with Gasteiger partial charge in [0, 0.05) is 0 Å². The monoisotopic (exact) mass is 162 g/mol. The number of hydrogen-bond acceptors (Lipinski definition) is 2. The van der Waals surface area contributed by atoms with Gasteiger partial charge in [-0.3, -0.25) is 4.79 Å². The predicted octanol–water partition coefficient (Wildman–Crippen LogP) is 2.37. The fourth-order valence-corrected chi connectivity index (χ4v) is 1.11. The zero-order valence-electron chi connectivity index (χ0n) is 4.96. The second-order valence-corrected chi connectivity index (χ2v) is 2.48. The van der Waals surface area contributed by atoms with Gasteiger partial charge in [-0.2, -0.15) is 0 Å². The van der Waals surface area contributed by atoms with E-state index in [-0.39, 0.29) is 18.2 Å². The van der Waals surface area contributed by atoms with Crippen molar-refractivity contribution in [2.24, 2.45) is 0 Å². The summed E-state index contributed by atoms with van der Waals surface area (Å²) in [6.07, 6.45) is 0. The summed E-state index contributed by atoms with van der Waals surface area (Å²) < 4.78 is 0. The summed E-state index contributed by atoms with van der Waals surface area (Å²) in [5.41, 5.74) is 0. The van der Waals surface area contributed by atoms with E-state index in [1.165, 1.54) is 11.3 Å². The average molecular weight is 163 g/mol. The lowest BCUT2D eigenvalue weighted by Gasteiger charge is -1.79. The molecule has 0 spiro atoms.